The number of methoxy groups -OCH3 is 2. The van der Waals surface area contributed by atoms with Crippen molar-refractivity contribution in [3.8, 4) is 22.9 Å². The minimum absolute atomic E-state index is 0.134. The molecule has 0 saturated carbocycles. The number of benzene rings is 2. The number of tetrazole rings is 1. The summed E-state index contributed by atoms with van der Waals surface area (Å²) < 4.78 is 12.0. The lowest BCUT2D eigenvalue weighted by molar-refractivity contribution is -0.115. The Morgan fingerprint density at radius 3 is 2.62 bits per heavy atom. The third-order valence-corrected chi connectivity index (χ3v) is 3.84. The van der Waals surface area contributed by atoms with E-state index < -0.39 is 0 Å². The monoisotopic (exact) mass is 353 g/mol. The topological polar surface area (TPSA) is 91.2 Å². The van der Waals surface area contributed by atoms with E-state index in [1.165, 1.54) is 0 Å². The third kappa shape index (κ3) is 3.80. The molecule has 134 valence electrons. The van der Waals surface area contributed by atoms with E-state index in [9.17, 15) is 4.79 Å². The molecule has 8 heteroatoms. The van der Waals surface area contributed by atoms with Gasteiger partial charge in [0.05, 0.1) is 20.6 Å². The molecule has 0 atom stereocenters. The standard InChI is InChI=1S/C18H19N5O3/c1-23-18(20-21-22-23)13-5-4-6-14(11-13)19-17(24)10-12-7-8-15(25-2)16(9-12)26-3/h4-9,11H,10H2,1-3H3,(H,19,24). The quantitative estimate of drug-likeness (QED) is 0.729. The lowest BCUT2D eigenvalue weighted by Gasteiger charge is -2.10. The van der Waals surface area contributed by atoms with Crippen LogP contribution in [0.4, 0.5) is 5.69 Å². The van der Waals surface area contributed by atoms with Crippen molar-refractivity contribution in [1.82, 2.24) is 20.2 Å². The maximum Gasteiger partial charge on any atom is 0.228 e. The molecule has 8 nitrogen and oxygen atoms in total. The first-order chi connectivity index (χ1) is 12.6. The van der Waals surface area contributed by atoms with Gasteiger partial charge < -0.3 is 14.8 Å². The van der Waals surface area contributed by atoms with Crippen LogP contribution >= 0.6 is 0 Å². The van der Waals surface area contributed by atoms with Gasteiger partial charge in [-0.05, 0) is 40.3 Å². The van der Waals surface area contributed by atoms with Gasteiger partial charge >= 0.3 is 0 Å². The minimum atomic E-state index is -0.134. The first kappa shape index (κ1) is 17.4. The van der Waals surface area contributed by atoms with Crippen molar-refractivity contribution in [2.24, 2.45) is 7.05 Å². The Morgan fingerprint density at radius 1 is 1.12 bits per heavy atom. The fraction of sp³-hybridized carbons (Fsp3) is 0.222. The van der Waals surface area contributed by atoms with Crippen LogP contribution in [0.1, 0.15) is 5.56 Å². The molecule has 0 unspecified atom stereocenters. The molecule has 2 aromatic carbocycles. The van der Waals surface area contributed by atoms with Crippen molar-refractivity contribution in [1.29, 1.82) is 0 Å². The van der Waals surface area contributed by atoms with Crippen molar-refractivity contribution in [3.05, 3.63) is 48.0 Å². The number of aromatic nitrogens is 4. The van der Waals surface area contributed by atoms with Crippen LogP contribution in [0.25, 0.3) is 11.4 Å². The molecule has 1 heterocycles. The molecule has 1 aromatic heterocycles. The molecule has 3 rings (SSSR count). The van der Waals surface area contributed by atoms with E-state index in [1.54, 1.807) is 38.1 Å². The lowest BCUT2D eigenvalue weighted by Crippen LogP contribution is -2.14. The molecule has 0 aliphatic carbocycles. The Labute approximate surface area is 150 Å². The molecular formula is C18H19N5O3. The van der Waals surface area contributed by atoms with Crippen LogP contribution < -0.4 is 14.8 Å². The summed E-state index contributed by atoms with van der Waals surface area (Å²) in [6, 6.07) is 12.8. The van der Waals surface area contributed by atoms with Gasteiger partial charge in [-0.3, -0.25) is 4.79 Å². The number of hydrogen-bond acceptors (Lipinski definition) is 6. The number of ether oxygens (including phenoxy) is 2. The van der Waals surface area contributed by atoms with Crippen molar-refractivity contribution in [2.75, 3.05) is 19.5 Å². The number of anilines is 1. The maximum atomic E-state index is 12.4. The van der Waals surface area contributed by atoms with Crippen LogP contribution in [0.15, 0.2) is 42.5 Å². The zero-order chi connectivity index (χ0) is 18.5. The molecule has 0 saturated heterocycles. The van der Waals surface area contributed by atoms with E-state index in [2.05, 4.69) is 20.8 Å². The molecular weight excluding hydrogens is 334 g/mol. The molecule has 0 aliphatic heterocycles. The summed E-state index contributed by atoms with van der Waals surface area (Å²) in [5, 5.41) is 14.3. The van der Waals surface area contributed by atoms with Crippen molar-refractivity contribution in [2.45, 2.75) is 6.42 Å². The summed E-state index contributed by atoms with van der Waals surface area (Å²) in [6.07, 6.45) is 0.218. The second kappa shape index (κ2) is 7.64. The van der Waals surface area contributed by atoms with E-state index in [0.29, 0.717) is 23.0 Å². The number of carbonyl (C=O) groups excluding carboxylic acids is 1. The van der Waals surface area contributed by atoms with Crippen LogP contribution in [0.2, 0.25) is 0 Å². The highest BCUT2D eigenvalue weighted by atomic mass is 16.5. The fourth-order valence-electron chi connectivity index (χ4n) is 2.59. The van der Waals surface area contributed by atoms with Crippen LogP contribution in [-0.4, -0.2) is 40.3 Å². The smallest absolute Gasteiger partial charge is 0.228 e. The first-order valence-electron chi connectivity index (χ1n) is 7.94. The number of hydrogen-bond donors (Lipinski definition) is 1. The summed E-state index contributed by atoms with van der Waals surface area (Å²) in [5.74, 6) is 1.71. The molecule has 26 heavy (non-hydrogen) atoms. The van der Waals surface area contributed by atoms with Gasteiger partial charge in [0, 0.05) is 18.3 Å². The SMILES string of the molecule is COc1ccc(CC(=O)Nc2cccc(-c3nnnn3C)c2)cc1OC. The lowest BCUT2D eigenvalue weighted by atomic mass is 10.1. The number of carbonyl (C=O) groups is 1. The van der Waals surface area contributed by atoms with Gasteiger partial charge in [0.25, 0.3) is 0 Å². The Kier molecular flexibility index (Phi) is 5.12. The number of aryl methyl sites for hydroxylation is 1. The highest BCUT2D eigenvalue weighted by Gasteiger charge is 2.10. The van der Waals surface area contributed by atoms with Crippen LogP contribution in [0.5, 0.6) is 11.5 Å². The van der Waals surface area contributed by atoms with E-state index in [4.69, 9.17) is 9.47 Å². The van der Waals surface area contributed by atoms with E-state index in [1.807, 2.05) is 30.3 Å². The Balaban J connectivity index is 1.72. The van der Waals surface area contributed by atoms with Gasteiger partial charge in [0.1, 0.15) is 0 Å². The molecule has 0 spiro atoms. The van der Waals surface area contributed by atoms with Gasteiger partial charge in [-0.25, -0.2) is 4.68 Å². The van der Waals surface area contributed by atoms with E-state index >= 15 is 0 Å². The normalized spacial score (nSPS) is 10.4. The van der Waals surface area contributed by atoms with Gasteiger partial charge in [-0.1, -0.05) is 18.2 Å². The molecule has 0 radical (unpaired) electrons. The van der Waals surface area contributed by atoms with Gasteiger partial charge in [-0.2, -0.15) is 0 Å². The summed E-state index contributed by atoms with van der Waals surface area (Å²) in [5.41, 5.74) is 2.33. The highest BCUT2D eigenvalue weighted by Crippen LogP contribution is 2.28. The molecule has 0 fully saturated rings. The Morgan fingerprint density at radius 2 is 1.92 bits per heavy atom. The number of nitrogens with one attached hydrogen (secondary N) is 1. The summed E-state index contributed by atoms with van der Waals surface area (Å²) >= 11 is 0. The predicted octanol–water partition coefficient (Wildman–Crippen LogP) is 2.08. The molecule has 1 amide bonds. The van der Waals surface area contributed by atoms with Gasteiger partial charge in [0.15, 0.2) is 17.3 Å². The zero-order valence-corrected chi connectivity index (χ0v) is 14.8. The Bertz CT molecular complexity index is 923. The minimum Gasteiger partial charge on any atom is -0.493 e. The van der Waals surface area contributed by atoms with Crippen molar-refractivity contribution >= 4 is 11.6 Å². The average Bonchev–Trinajstić information content (AvgIpc) is 3.07. The Hall–Kier alpha value is -3.42. The second-order valence-electron chi connectivity index (χ2n) is 5.62. The van der Waals surface area contributed by atoms with E-state index in [-0.39, 0.29) is 12.3 Å². The zero-order valence-electron chi connectivity index (χ0n) is 14.8. The molecule has 0 aliphatic rings. The highest BCUT2D eigenvalue weighted by molar-refractivity contribution is 5.92. The summed E-state index contributed by atoms with van der Waals surface area (Å²) in [7, 11) is 4.90. The average molecular weight is 353 g/mol. The van der Waals surface area contributed by atoms with Crippen molar-refractivity contribution < 1.29 is 14.3 Å². The number of nitrogens with zero attached hydrogens (tertiary/aromatic N) is 4. The number of amides is 1. The summed E-state index contributed by atoms with van der Waals surface area (Å²) in [6.45, 7) is 0. The van der Waals surface area contributed by atoms with E-state index in [0.717, 1.165) is 11.1 Å². The molecule has 3 aromatic rings. The van der Waals surface area contributed by atoms with Crippen LogP contribution in [-0.2, 0) is 18.3 Å². The summed E-state index contributed by atoms with van der Waals surface area (Å²) in [4.78, 5) is 12.4. The molecule has 0 bridgehead atoms. The largest absolute Gasteiger partial charge is 0.493 e. The number of rotatable bonds is 6. The third-order valence-electron chi connectivity index (χ3n) is 3.84. The van der Waals surface area contributed by atoms with Gasteiger partial charge in [-0.15, -0.1) is 5.10 Å². The first-order valence-corrected chi connectivity index (χ1v) is 7.94. The second-order valence-corrected chi connectivity index (χ2v) is 5.62. The van der Waals surface area contributed by atoms with Crippen LogP contribution in [0, 0.1) is 0 Å². The van der Waals surface area contributed by atoms with Gasteiger partial charge in [0.2, 0.25) is 5.91 Å². The van der Waals surface area contributed by atoms with Crippen LogP contribution in [0.3, 0.4) is 0 Å². The maximum absolute atomic E-state index is 12.4. The molecule has 1 N–H and O–H groups in total. The predicted molar refractivity (Wildman–Crippen MR) is 96.1 cm³/mol. The fourth-order valence-corrected chi connectivity index (χ4v) is 2.59. The van der Waals surface area contributed by atoms with Crippen molar-refractivity contribution in [3.63, 3.8) is 0 Å².